The molecule has 0 bridgehead atoms. The van der Waals surface area contributed by atoms with E-state index < -0.39 is 0 Å². The van der Waals surface area contributed by atoms with Crippen LogP contribution in [0.3, 0.4) is 0 Å². The normalized spacial score (nSPS) is 35.3. The SMILES string of the molecule is CC1(N)C=COCCC1. The molecule has 0 aromatic heterocycles. The molecule has 0 aromatic carbocycles. The quantitative estimate of drug-likeness (QED) is 0.527. The summed E-state index contributed by atoms with van der Waals surface area (Å²) >= 11 is 0. The first kappa shape index (κ1) is 6.62. The van der Waals surface area contributed by atoms with Gasteiger partial charge in [-0.25, -0.2) is 0 Å². The van der Waals surface area contributed by atoms with Crippen LogP contribution in [0.4, 0.5) is 0 Å². The summed E-state index contributed by atoms with van der Waals surface area (Å²) in [5.74, 6) is 0. The Kier molecular flexibility index (Phi) is 1.76. The van der Waals surface area contributed by atoms with Crippen molar-refractivity contribution in [1.29, 1.82) is 0 Å². The molecule has 1 aliphatic rings. The van der Waals surface area contributed by atoms with Crippen LogP contribution in [0.1, 0.15) is 19.8 Å². The summed E-state index contributed by atoms with van der Waals surface area (Å²) in [7, 11) is 0. The molecule has 2 heteroatoms. The Morgan fingerprint density at radius 2 is 2.44 bits per heavy atom. The van der Waals surface area contributed by atoms with Gasteiger partial charge in [0, 0.05) is 5.54 Å². The van der Waals surface area contributed by atoms with E-state index in [9.17, 15) is 0 Å². The molecule has 1 unspecified atom stereocenters. The zero-order valence-corrected chi connectivity index (χ0v) is 5.76. The van der Waals surface area contributed by atoms with E-state index >= 15 is 0 Å². The van der Waals surface area contributed by atoms with E-state index in [-0.39, 0.29) is 5.54 Å². The molecule has 0 saturated carbocycles. The van der Waals surface area contributed by atoms with Gasteiger partial charge in [0.15, 0.2) is 0 Å². The van der Waals surface area contributed by atoms with Gasteiger partial charge in [0.05, 0.1) is 12.9 Å². The van der Waals surface area contributed by atoms with E-state index in [0.29, 0.717) is 0 Å². The molecule has 9 heavy (non-hydrogen) atoms. The lowest BCUT2D eigenvalue weighted by Crippen LogP contribution is -2.32. The number of nitrogens with two attached hydrogens (primary N) is 1. The zero-order chi connectivity index (χ0) is 6.74. The maximum Gasteiger partial charge on any atom is 0.0874 e. The number of ether oxygens (including phenoxy) is 1. The van der Waals surface area contributed by atoms with E-state index in [1.54, 1.807) is 6.26 Å². The Morgan fingerprint density at radius 3 is 3.22 bits per heavy atom. The van der Waals surface area contributed by atoms with Crippen LogP contribution in [-0.4, -0.2) is 12.1 Å². The monoisotopic (exact) mass is 127 g/mol. The third kappa shape index (κ3) is 2.06. The Labute approximate surface area is 55.7 Å². The van der Waals surface area contributed by atoms with Gasteiger partial charge in [-0.05, 0) is 25.8 Å². The first-order valence-corrected chi connectivity index (χ1v) is 3.29. The summed E-state index contributed by atoms with van der Waals surface area (Å²) in [6.07, 6.45) is 5.69. The number of hydrogen-bond acceptors (Lipinski definition) is 2. The second-order valence-electron chi connectivity index (χ2n) is 2.78. The lowest BCUT2D eigenvalue weighted by atomic mass is 9.98. The molecule has 1 aliphatic heterocycles. The molecule has 2 N–H and O–H groups in total. The van der Waals surface area contributed by atoms with Gasteiger partial charge in [0.25, 0.3) is 0 Å². The van der Waals surface area contributed by atoms with E-state index in [4.69, 9.17) is 10.5 Å². The van der Waals surface area contributed by atoms with Gasteiger partial charge in [-0.1, -0.05) is 0 Å². The zero-order valence-electron chi connectivity index (χ0n) is 5.76. The van der Waals surface area contributed by atoms with E-state index in [0.717, 1.165) is 19.4 Å². The summed E-state index contributed by atoms with van der Waals surface area (Å²) in [5.41, 5.74) is 5.67. The molecule has 0 saturated heterocycles. The van der Waals surface area contributed by atoms with Gasteiger partial charge in [-0.3, -0.25) is 0 Å². The van der Waals surface area contributed by atoms with Crippen molar-refractivity contribution >= 4 is 0 Å². The molecule has 0 aromatic rings. The number of hydrogen-bond donors (Lipinski definition) is 1. The Morgan fingerprint density at radius 1 is 1.67 bits per heavy atom. The van der Waals surface area contributed by atoms with Gasteiger partial charge in [0.1, 0.15) is 0 Å². The highest BCUT2D eigenvalue weighted by atomic mass is 16.5. The summed E-state index contributed by atoms with van der Waals surface area (Å²) in [5, 5.41) is 0. The van der Waals surface area contributed by atoms with Crippen LogP contribution in [0.5, 0.6) is 0 Å². The van der Waals surface area contributed by atoms with E-state index in [1.807, 2.05) is 13.0 Å². The summed E-state index contributed by atoms with van der Waals surface area (Å²) < 4.78 is 5.07. The Balaban J connectivity index is 2.52. The molecule has 1 heterocycles. The van der Waals surface area contributed by atoms with Gasteiger partial charge in [-0.15, -0.1) is 0 Å². The summed E-state index contributed by atoms with van der Waals surface area (Å²) in [4.78, 5) is 0. The largest absolute Gasteiger partial charge is 0.501 e. The second kappa shape index (κ2) is 2.40. The lowest BCUT2D eigenvalue weighted by Gasteiger charge is -2.16. The highest BCUT2D eigenvalue weighted by molar-refractivity contribution is 4.99. The van der Waals surface area contributed by atoms with Crippen LogP contribution in [0.15, 0.2) is 12.3 Å². The van der Waals surface area contributed by atoms with Gasteiger partial charge in [-0.2, -0.15) is 0 Å². The minimum Gasteiger partial charge on any atom is -0.501 e. The highest BCUT2D eigenvalue weighted by Gasteiger charge is 2.15. The van der Waals surface area contributed by atoms with Crippen LogP contribution in [0, 0.1) is 0 Å². The molecule has 1 rings (SSSR count). The third-order valence-corrected chi connectivity index (χ3v) is 1.52. The molecule has 0 amide bonds. The van der Waals surface area contributed by atoms with Crippen LogP contribution >= 0.6 is 0 Å². The molecular formula is C7H13NO. The maximum atomic E-state index is 5.81. The lowest BCUT2D eigenvalue weighted by molar-refractivity contribution is 0.248. The fourth-order valence-corrected chi connectivity index (χ4v) is 0.891. The molecule has 0 radical (unpaired) electrons. The van der Waals surface area contributed by atoms with Crippen molar-refractivity contribution in [3.63, 3.8) is 0 Å². The van der Waals surface area contributed by atoms with E-state index in [1.165, 1.54) is 0 Å². The van der Waals surface area contributed by atoms with Crippen molar-refractivity contribution in [3.05, 3.63) is 12.3 Å². The van der Waals surface area contributed by atoms with Crippen LogP contribution in [0.2, 0.25) is 0 Å². The molecule has 52 valence electrons. The molecule has 0 aliphatic carbocycles. The van der Waals surface area contributed by atoms with Crippen molar-refractivity contribution in [2.45, 2.75) is 25.3 Å². The van der Waals surface area contributed by atoms with Crippen LogP contribution in [0.25, 0.3) is 0 Å². The summed E-state index contributed by atoms with van der Waals surface area (Å²) in [6, 6.07) is 0. The maximum absolute atomic E-state index is 5.81. The summed E-state index contributed by atoms with van der Waals surface area (Å²) in [6.45, 7) is 2.82. The van der Waals surface area contributed by atoms with Gasteiger partial charge < -0.3 is 10.5 Å². The average Bonchev–Trinajstić information content (AvgIpc) is 1.92. The average molecular weight is 127 g/mol. The standard InChI is InChI=1S/C7H13NO/c1-7(8)3-2-5-9-6-4-7/h4,6H,2-3,5,8H2,1H3. The Bertz CT molecular complexity index is 118. The van der Waals surface area contributed by atoms with Crippen LogP contribution < -0.4 is 5.73 Å². The fourth-order valence-electron chi connectivity index (χ4n) is 0.891. The first-order valence-electron chi connectivity index (χ1n) is 3.29. The first-order chi connectivity index (χ1) is 4.21. The van der Waals surface area contributed by atoms with E-state index in [2.05, 4.69) is 0 Å². The highest BCUT2D eigenvalue weighted by Crippen LogP contribution is 2.13. The third-order valence-electron chi connectivity index (χ3n) is 1.52. The minimum atomic E-state index is -0.142. The number of rotatable bonds is 0. The van der Waals surface area contributed by atoms with Gasteiger partial charge in [0.2, 0.25) is 0 Å². The second-order valence-corrected chi connectivity index (χ2v) is 2.78. The molecular weight excluding hydrogens is 114 g/mol. The Hall–Kier alpha value is -0.500. The van der Waals surface area contributed by atoms with Crippen molar-refractivity contribution < 1.29 is 4.74 Å². The predicted molar refractivity (Wildman–Crippen MR) is 36.9 cm³/mol. The molecule has 1 atom stereocenters. The minimum absolute atomic E-state index is 0.142. The fraction of sp³-hybridized carbons (Fsp3) is 0.714. The van der Waals surface area contributed by atoms with Crippen LogP contribution in [-0.2, 0) is 4.74 Å². The van der Waals surface area contributed by atoms with Crippen molar-refractivity contribution in [3.8, 4) is 0 Å². The molecule has 2 nitrogen and oxygen atoms in total. The van der Waals surface area contributed by atoms with Gasteiger partial charge >= 0.3 is 0 Å². The van der Waals surface area contributed by atoms with Crippen molar-refractivity contribution in [2.24, 2.45) is 5.73 Å². The van der Waals surface area contributed by atoms with Crippen molar-refractivity contribution in [1.82, 2.24) is 0 Å². The smallest absolute Gasteiger partial charge is 0.0874 e. The van der Waals surface area contributed by atoms with Crippen molar-refractivity contribution in [2.75, 3.05) is 6.61 Å². The molecule has 0 spiro atoms. The molecule has 0 fully saturated rings. The predicted octanol–water partition coefficient (Wildman–Crippen LogP) is 1.03. The topological polar surface area (TPSA) is 35.2 Å².